The van der Waals surface area contributed by atoms with E-state index in [0.29, 0.717) is 12.6 Å². The van der Waals surface area contributed by atoms with Crippen molar-refractivity contribution in [3.8, 4) is 0 Å². The van der Waals surface area contributed by atoms with Crippen LogP contribution in [0.3, 0.4) is 0 Å². The number of nitrogens with zero attached hydrogens (tertiary/aromatic N) is 3. The Bertz CT molecular complexity index is 280. The number of hydrogen-bond donors (Lipinski definition) is 1. The topological polar surface area (TPSA) is 55.0 Å². The Morgan fingerprint density at radius 1 is 1.40 bits per heavy atom. The summed E-state index contributed by atoms with van der Waals surface area (Å²) in [5.74, 6) is 0.961. The molecule has 1 fully saturated rings. The van der Waals surface area contributed by atoms with Gasteiger partial charge in [0.2, 0.25) is 0 Å². The summed E-state index contributed by atoms with van der Waals surface area (Å²) in [5.41, 5.74) is 5.74. The van der Waals surface area contributed by atoms with Crippen LogP contribution in [0.5, 0.6) is 0 Å². The van der Waals surface area contributed by atoms with Crippen molar-refractivity contribution >= 4 is 18.2 Å². The Kier molecular flexibility index (Phi) is 4.78. The summed E-state index contributed by atoms with van der Waals surface area (Å²) in [6.45, 7) is 1.76. The lowest BCUT2D eigenvalue weighted by Crippen LogP contribution is -2.44. The zero-order valence-electron chi connectivity index (χ0n) is 8.67. The molecule has 0 saturated carbocycles. The van der Waals surface area contributed by atoms with Gasteiger partial charge in [-0.25, -0.2) is 4.98 Å². The summed E-state index contributed by atoms with van der Waals surface area (Å²) in [4.78, 5) is 10.7. The number of hydrogen-bond acceptors (Lipinski definition) is 4. The maximum atomic E-state index is 5.74. The predicted octanol–water partition coefficient (Wildman–Crippen LogP) is 1.22. The van der Waals surface area contributed by atoms with Gasteiger partial charge in [0.15, 0.2) is 0 Å². The van der Waals surface area contributed by atoms with Crippen LogP contribution in [0.2, 0.25) is 0 Å². The van der Waals surface area contributed by atoms with Gasteiger partial charge in [0.05, 0.1) is 6.20 Å². The highest BCUT2D eigenvalue weighted by Gasteiger charge is 2.21. The summed E-state index contributed by atoms with van der Waals surface area (Å²) in [6.07, 6.45) is 8.93. The molecular formula is C10H17ClN4. The van der Waals surface area contributed by atoms with Crippen LogP contribution in [0, 0.1) is 0 Å². The molecule has 2 rings (SSSR count). The molecule has 1 atom stereocenters. The number of halogens is 1. The highest BCUT2D eigenvalue weighted by atomic mass is 35.5. The van der Waals surface area contributed by atoms with Gasteiger partial charge in [0.25, 0.3) is 0 Å². The molecule has 1 aromatic rings. The molecule has 15 heavy (non-hydrogen) atoms. The van der Waals surface area contributed by atoms with Crippen molar-refractivity contribution in [2.75, 3.05) is 18.0 Å². The number of anilines is 1. The molecule has 2 heterocycles. The van der Waals surface area contributed by atoms with Gasteiger partial charge in [0.1, 0.15) is 5.82 Å². The molecule has 1 unspecified atom stereocenters. The fourth-order valence-electron chi connectivity index (χ4n) is 1.99. The third kappa shape index (κ3) is 2.79. The molecule has 5 heteroatoms. The number of aromatic nitrogens is 2. The SMILES string of the molecule is Cl.NCC1CCCCN1c1cnccn1. The molecule has 1 aliphatic heterocycles. The van der Waals surface area contributed by atoms with E-state index in [2.05, 4.69) is 14.9 Å². The molecule has 1 aliphatic rings. The highest BCUT2D eigenvalue weighted by molar-refractivity contribution is 5.85. The Balaban J connectivity index is 0.00000112. The first-order valence-electron chi connectivity index (χ1n) is 5.14. The number of nitrogens with two attached hydrogens (primary N) is 1. The third-order valence-electron chi connectivity index (χ3n) is 2.74. The molecule has 1 aromatic heterocycles. The van der Waals surface area contributed by atoms with Crippen molar-refractivity contribution in [1.29, 1.82) is 0 Å². The minimum Gasteiger partial charge on any atom is -0.351 e. The Morgan fingerprint density at radius 2 is 2.27 bits per heavy atom. The first-order valence-corrected chi connectivity index (χ1v) is 5.14. The van der Waals surface area contributed by atoms with Crippen LogP contribution in [0.1, 0.15) is 19.3 Å². The highest BCUT2D eigenvalue weighted by Crippen LogP contribution is 2.21. The van der Waals surface area contributed by atoms with Crippen molar-refractivity contribution in [2.24, 2.45) is 5.73 Å². The molecule has 0 aliphatic carbocycles. The zero-order valence-corrected chi connectivity index (χ0v) is 9.49. The third-order valence-corrected chi connectivity index (χ3v) is 2.74. The predicted molar refractivity (Wildman–Crippen MR) is 63.3 cm³/mol. The van der Waals surface area contributed by atoms with E-state index in [-0.39, 0.29) is 12.4 Å². The van der Waals surface area contributed by atoms with E-state index in [1.165, 1.54) is 19.3 Å². The van der Waals surface area contributed by atoms with Crippen molar-refractivity contribution in [3.63, 3.8) is 0 Å². The second-order valence-corrected chi connectivity index (χ2v) is 3.64. The van der Waals surface area contributed by atoms with E-state index in [4.69, 9.17) is 5.73 Å². The second kappa shape index (κ2) is 5.88. The molecular weight excluding hydrogens is 212 g/mol. The molecule has 84 valence electrons. The van der Waals surface area contributed by atoms with E-state index in [0.717, 1.165) is 12.4 Å². The van der Waals surface area contributed by atoms with E-state index in [9.17, 15) is 0 Å². The van der Waals surface area contributed by atoms with E-state index < -0.39 is 0 Å². The van der Waals surface area contributed by atoms with Crippen molar-refractivity contribution < 1.29 is 0 Å². The Hall–Kier alpha value is -0.870. The number of rotatable bonds is 2. The van der Waals surface area contributed by atoms with Crippen molar-refractivity contribution in [2.45, 2.75) is 25.3 Å². The summed E-state index contributed by atoms with van der Waals surface area (Å²) in [7, 11) is 0. The lowest BCUT2D eigenvalue weighted by Gasteiger charge is -2.35. The van der Waals surface area contributed by atoms with Crippen LogP contribution in [0.4, 0.5) is 5.82 Å². The smallest absolute Gasteiger partial charge is 0.147 e. The Morgan fingerprint density at radius 3 is 2.93 bits per heavy atom. The molecule has 1 saturated heterocycles. The summed E-state index contributed by atoms with van der Waals surface area (Å²) in [6, 6.07) is 0.445. The van der Waals surface area contributed by atoms with Gasteiger partial charge < -0.3 is 10.6 Å². The van der Waals surface area contributed by atoms with Gasteiger partial charge in [-0.2, -0.15) is 0 Å². The molecule has 0 amide bonds. The second-order valence-electron chi connectivity index (χ2n) is 3.64. The minimum absolute atomic E-state index is 0. The summed E-state index contributed by atoms with van der Waals surface area (Å²) < 4.78 is 0. The first-order chi connectivity index (χ1) is 6.92. The van der Waals surface area contributed by atoms with Crippen LogP contribution < -0.4 is 10.6 Å². The average Bonchev–Trinajstić information content (AvgIpc) is 2.30. The first kappa shape index (κ1) is 12.2. The number of piperidine rings is 1. The Labute approximate surface area is 96.3 Å². The lowest BCUT2D eigenvalue weighted by molar-refractivity contribution is 0.461. The zero-order chi connectivity index (χ0) is 9.80. The lowest BCUT2D eigenvalue weighted by atomic mass is 10.0. The maximum Gasteiger partial charge on any atom is 0.147 e. The van der Waals surface area contributed by atoms with Gasteiger partial charge >= 0.3 is 0 Å². The summed E-state index contributed by atoms with van der Waals surface area (Å²) >= 11 is 0. The maximum absolute atomic E-state index is 5.74. The average molecular weight is 229 g/mol. The molecule has 0 bridgehead atoms. The standard InChI is InChI=1S/C10H16N4.ClH/c11-7-9-3-1-2-6-14(9)10-8-12-4-5-13-10;/h4-5,8-9H,1-3,6-7,11H2;1H. The van der Waals surface area contributed by atoms with E-state index in [1.807, 2.05) is 6.20 Å². The molecule has 0 radical (unpaired) electrons. The monoisotopic (exact) mass is 228 g/mol. The molecule has 0 spiro atoms. The van der Waals surface area contributed by atoms with Crippen LogP contribution in [0.25, 0.3) is 0 Å². The minimum atomic E-state index is 0. The van der Waals surface area contributed by atoms with Gasteiger partial charge in [-0.1, -0.05) is 0 Å². The van der Waals surface area contributed by atoms with Gasteiger partial charge in [0, 0.05) is 31.5 Å². The largest absolute Gasteiger partial charge is 0.351 e. The molecule has 4 nitrogen and oxygen atoms in total. The van der Waals surface area contributed by atoms with Crippen molar-refractivity contribution in [1.82, 2.24) is 9.97 Å². The van der Waals surface area contributed by atoms with Crippen LogP contribution >= 0.6 is 12.4 Å². The summed E-state index contributed by atoms with van der Waals surface area (Å²) in [5, 5.41) is 0. The quantitative estimate of drug-likeness (QED) is 0.827. The normalized spacial score (nSPS) is 20.9. The molecule has 0 aromatic carbocycles. The van der Waals surface area contributed by atoms with E-state index >= 15 is 0 Å². The van der Waals surface area contributed by atoms with Crippen LogP contribution in [-0.2, 0) is 0 Å². The van der Waals surface area contributed by atoms with Crippen LogP contribution in [-0.4, -0.2) is 29.1 Å². The van der Waals surface area contributed by atoms with Gasteiger partial charge in [-0.15, -0.1) is 12.4 Å². The van der Waals surface area contributed by atoms with Crippen molar-refractivity contribution in [3.05, 3.63) is 18.6 Å². The fourth-order valence-corrected chi connectivity index (χ4v) is 1.99. The van der Waals surface area contributed by atoms with E-state index in [1.54, 1.807) is 12.4 Å². The van der Waals surface area contributed by atoms with Gasteiger partial charge in [-0.3, -0.25) is 4.98 Å². The van der Waals surface area contributed by atoms with Crippen LogP contribution in [0.15, 0.2) is 18.6 Å². The fraction of sp³-hybridized carbons (Fsp3) is 0.600. The molecule has 2 N–H and O–H groups in total. The van der Waals surface area contributed by atoms with Gasteiger partial charge in [-0.05, 0) is 19.3 Å².